The third-order valence-electron chi connectivity index (χ3n) is 2.78. The normalized spacial score (nSPS) is 16.5. The summed E-state index contributed by atoms with van der Waals surface area (Å²) in [5, 5.41) is 13.9. The molecule has 0 unspecified atom stereocenters. The lowest BCUT2D eigenvalue weighted by Gasteiger charge is -2.12. The summed E-state index contributed by atoms with van der Waals surface area (Å²) in [4.78, 5) is 10.2. The Kier molecular flexibility index (Phi) is 2.85. The molecule has 0 radical (unpaired) electrons. The molecule has 0 amide bonds. The largest absolute Gasteiger partial charge is 0.382 e. The fourth-order valence-electron chi connectivity index (χ4n) is 2.02. The number of hydrogen-bond donors (Lipinski definition) is 1. The van der Waals surface area contributed by atoms with Gasteiger partial charge < -0.3 is 5.32 Å². The minimum atomic E-state index is -0.361. The number of nitrogens with one attached hydrogen (secondary N) is 1. The molecule has 0 heterocycles. The molecule has 1 aliphatic carbocycles. The lowest BCUT2D eigenvalue weighted by molar-refractivity contribution is -0.384. The topological polar surface area (TPSA) is 55.2 Å². The number of hydrogen-bond acceptors (Lipinski definition) is 3. The Bertz CT molecular complexity index is 359. The summed E-state index contributed by atoms with van der Waals surface area (Å²) in [5.41, 5.74) is 1.01. The minimum absolute atomic E-state index is 0.151. The Balaban J connectivity index is 2.07. The molecular formula is C11H14N2O2. The van der Waals surface area contributed by atoms with E-state index in [9.17, 15) is 10.1 Å². The van der Waals surface area contributed by atoms with E-state index in [-0.39, 0.29) is 10.6 Å². The first-order valence-electron chi connectivity index (χ1n) is 5.27. The van der Waals surface area contributed by atoms with E-state index in [4.69, 9.17) is 0 Å². The molecule has 1 aromatic rings. The van der Waals surface area contributed by atoms with Crippen LogP contribution in [0.15, 0.2) is 24.3 Å². The van der Waals surface area contributed by atoms with Crippen molar-refractivity contribution in [2.45, 2.75) is 31.7 Å². The molecule has 0 saturated heterocycles. The van der Waals surface area contributed by atoms with Crippen LogP contribution in [0.3, 0.4) is 0 Å². The monoisotopic (exact) mass is 206 g/mol. The van der Waals surface area contributed by atoms with Crippen molar-refractivity contribution in [3.63, 3.8) is 0 Å². The highest BCUT2D eigenvalue weighted by atomic mass is 16.6. The van der Waals surface area contributed by atoms with Crippen molar-refractivity contribution < 1.29 is 4.92 Å². The molecule has 1 aromatic carbocycles. The quantitative estimate of drug-likeness (QED) is 0.611. The molecule has 4 nitrogen and oxygen atoms in total. The Morgan fingerprint density at radius 2 is 2.07 bits per heavy atom. The van der Waals surface area contributed by atoms with Gasteiger partial charge in [0.25, 0.3) is 5.69 Å². The van der Waals surface area contributed by atoms with E-state index in [0.29, 0.717) is 6.04 Å². The van der Waals surface area contributed by atoms with Gasteiger partial charge in [-0.3, -0.25) is 10.1 Å². The van der Waals surface area contributed by atoms with E-state index in [2.05, 4.69) is 5.32 Å². The predicted molar refractivity (Wildman–Crippen MR) is 59.0 cm³/mol. The second-order valence-corrected chi connectivity index (χ2v) is 3.93. The van der Waals surface area contributed by atoms with Crippen LogP contribution >= 0.6 is 0 Å². The SMILES string of the molecule is O=[N+]([O-])c1cccc(NC2CCCC2)c1. The van der Waals surface area contributed by atoms with E-state index >= 15 is 0 Å². The summed E-state index contributed by atoms with van der Waals surface area (Å²) in [7, 11) is 0. The van der Waals surface area contributed by atoms with Gasteiger partial charge in [-0.1, -0.05) is 18.9 Å². The first kappa shape index (κ1) is 9.96. The first-order chi connectivity index (χ1) is 7.25. The lowest BCUT2D eigenvalue weighted by atomic mass is 10.2. The number of nitrogens with zero attached hydrogens (tertiary/aromatic N) is 1. The van der Waals surface area contributed by atoms with Gasteiger partial charge in [0.15, 0.2) is 0 Å². The Morgan fingerprint density at radius 3 is 2.73 bits per heavy atom. The molecule has 0 aliphatic heterocycles. The molecule has 2 rings (SSSR count). The Labute approximate surface area is 88.5 Å². The van der Waals surface area contributed by atoms with Crippen molar-refractivity contribution in [1.29, 1.82) is 0 Å². The zero-order valence-corrected chi connectivity index (χ0v) is 8.48. The van der Waals surface area contributed by atoms with Crippen molar-refractivity contribution in [2.75, 3.05) is 5.32 Å². The fraction of sp³-hybridized carbons (Fsp3) is 0.455. The highest BCUT2D eigenvalue weighted by Gasteiger charge is 2.15. The molecule has 1 aliphatic rings. The van der Waals surface area contributed by atoms with Gasteiger partial charge in [-0.25, -0.2) is 0 Å². The summed E-state index contributed by atoms with van der Waals surface area (Å²) in [6, 6.07) is 7.20. The van der Waals surface area contributed by atoms with E-state index < -0.39 is 0 Å². The zero-order chi connectivity index (χ0) is 10.7. The van der Waals surface area contributed by atoms with Crippen LogP contribution in [-0.4, -0.2) is 11.0 Å². The number of nitro benzene ring substituents is 1. The van der Waals surface area contributed by atoms with Crippen LogP contribution in [0.2, 0.25) is 0 Å². The van der Waals surface area contributed by atoms with Crippen LogP contribution in [0.4, 0.5) is 11.4 Å². The number of non-ortho nitro benzene ring substituents is 1. The summed E-state index contributed by atoms with van der Waals surface area (Å²) in [5.74, 6) is 0. The van der Waals surface area contributed by atoms with Crippen LogP contribution in [0, 0.1) is 10.1 Å². The van der Waals surface area contributed by atoms with Gasteiger partial charge >= 0.3 is 0 Å². The third kappa shape index (κ3) is 2.46. The van der Waals surface area contributed by atoms with Gasteiger partial charge in [-0.05, 0) is 18.9 Å². The second kappa shape index (κ2) is 4.29. The van der Waals surface area contributed by atoms with E-state index in [1.54, 1.807) is 12.1 Å². The van der Waals surface area contributed by atoms with Crippen molar-refractivity contribution >= 4 is 11.4 Å². The van der Waals surface area contributed by atoms with Crippen molar-refractivity contribution in [3.05, 3.63) is 34.4 Å². The summed E-state index contributed by atoms with van der Waals surface area (Å²) in [6.45, 7) is 0. The Morgan fingerprint density at radius 1 is 1.33 bits per heavy atom. The molecular weight excluding hydrogens is 192 g/mol. The third-order valence-corrected chi connectivity index (χ3v) is 2.78. The maximum atomic E-state index is 10.6. The standard InChI is InChI=1S/C11H14N2O2/c14-13(15)11-7-3-6-10(8-11)12-9-4-1-2-5-9/h3,6-9,12H,1-2,4-5H2. The smallest absolute Gasteiger partial charge is 0.271 e. The van der Waals surface area contributed by atoms with Gasteiger partial charge in [-0.2, -0.15) is 0 Å². The number of anilines is 1. The van der Waals surface area contributed by atoms with E-state index in [0.717, 1.165) is 5.69 Å². The van der Waals surface area contributed by atoms with Crippen molar-refractivity contribution in [2.24, 2.45) is 0 Å². The average molecular weight is 206 g/mol. The zero-order valence-electron chi connectivity index (χ0n) is 8.48. The van der Waals surface area contributed by atoms with Gasteiger partial charge in [0.1, 0.15) is 0 Å². The molecule has 1 saturated carbocycles. The maximum absolute atomic E-state index is 10.6. The summed E-state index contributed by atoms with van der Waals surface area (Å²) in [6.07, 6.45) is 4.85. The van der Waals surface area contributed by atoms with Crippen molar-refractivity contribution in [3.8, 4) is 0 Å². The van der Waals surface area contributed by atoms with Gasteiger partial charge in [0.2, 0.25) is 0 Å². The van der Waals surface area contributed by atoms with Gasteiger partial charge in [0, 0.05) is 23.9 Å². The molecule has 1 N–H and O–H groups in total. The van der Waals surface area contributed by atoms with Gasteiger partial charge in [0.05, 0.1) is 4.92 Å². The Hall–Kier alpha value is -1.58. The first-order valence-corrected chi connectivity index (χ1v) is 5.27. The molecule has 0 spiro atoms. The fourth-order valence-corrected chi connectivity index (χ4v) is 2.02. The van der Waals surface area contributed by atoms with Crippen LogP contribution in [-0.2, 0) is 0 Å². The summed E-state index contributed by atoms with van der Waals surface area (Å²) < 4.78 is 0. The number of nitro groups is 1. The molecule has 0 atom stereocenters. The molecule has 80 valence electrons. The van der Waals surface area contributed by atoms with Crippen LogP contribution in [0.25, 0.3) is 0 Å². The van der Waals surface area contributed by atoms with Crippen LogP contribution in [0.5, 0.6) is 0 Å². The molecule has 0 bridgehead atoms. The highest BCUT2D eigenvalue weighted by molar-refractivity contribution is 5.51. The van der Waals surface area contributed by atoms with Crippen LogP contribution < -0.4 is 5.32 Å². The lowest BCUT2D eigenvalue weighted by Crippen LogP contribution is -2.14. The summed E-state index contributed by atoms with van der Waals surface area (Å²) >= 11 is 0. The molecule has 0 aromatic heterocycles. The van der Waals surface area contributed by atoms with Gasteiger partial charge in [-0.15, -0.1) is 0 Å². The average Bonchev–Trinajstić information content (AvgIpc) is 2.71. The molecule has 15 heavy (non-hydrogen) atoms. The predicted octanol–water partition coefficient (Wildman–Crippen LogP) is 2.95. The van der Waals surface area contributed by atoms with Crippen LogP contribution in [0.1, 0.15) is 25.7 Å². The van der Waals surface area contributed by atoms with Crippen molar-refractivity contribution in [1.82, 2.24) is 0 Å². The molecule has 1 fully saturated rings. The molecule has 4 heteroatoms. The van der Waals surface area contributed by atoms with E-state index in [1.807, 2.05) is 6.07 Å². The number of benzene rings is 1. The second-order valence-electron chi connectivity index (χ2n) is 3.93. The number of rotatable bonds is 3. The maximum Gasteiger partial charge on any atom is 0.271 e. The minimum Gasteiger partial charge on any atom is -0.382 e. The highest BCUT2D eigenvalue weighted by Crippen LogP contribution is 2.24. The van der Waals surface area contributed by atoms with E-state index in [1.165, 1.54) is 31.7 Å².